The van der Waals surface area contributed by atoms with Crippen molar-refractivity contribution in [2.24, 2.45) is 0 Å². The number of carbonyl (C=O) groups excluding carboxylic acids is 2. The summed E-state index contributed by atoms with van der Waals surface area (Å²) in [6, 6.07) is 14.9. The first-order chi connectivity index (χ1) is 11.5. The first-order valence-electron chi connectivity index (χ1n) is 7.41. The number of ketones is 1. The third-order valence-corrected chi connectivity index (χ3v) is 3.67. The van der Waals surface area contributed by atoms with Gasteiger partial charge >= 0.3 is 6.09 Å². The molecule has 126 valence electrons. The van der Waals surface area contributed by atoms with Gasteiger partial charge in [0.15, 0.2) is 0 Å². The molecule has 2 aromatic carbocycles. The van der Waals surface area contributed by atoms with Crippen molar-refractivity contribution in [3.63, 3.8) is 0 Å². The summed E-state index contributed by atoms with van der Waals surface area (Å²) >= 11 is 5.85. The van der Waals surface area contributed by atoms with Gasteiger partial charge in [-0.25, -0.2) is 4.79 Å². The topological polar surface area (TPSA) is 66.8 Å². The Morgan fingerprint density at radius 2 is 1.75 bits per heavy atom. The quantitative estimate of drug-likeness (QED) is 0.621. The number of nitrogens with zero attached hydrogens (tertiary/aromatic N) is 1. The van der Waals surface area contributed by atoms with E-state index in [1.807, 2.05) is 18.2 Å². The highest BCUT2D eigenvalue weighted by molar-refractivity contribution is 6.30. The number of hydrogen-bond acceptors (Lipinski definition) is 4. The molecule has 0 spiro atoms. The van der Waals surface area contributed by atoms with E-state index < -0.39 is 12.1 Å². The molecule has 2 rings (SSSR count). The van der Waals surface area contributed by atoms with Crippen LogP contribution in [0.2, 0.25) is 5.02 Å². The van der Waals surface area contributed by atoms with Crippen LogP contribution in [0.3, 0.4) is 0 Å². The van der Waals surface area contributed by atoms with E-state index in [1.54, 1.807) is 36.4 Å². The molecule has 0 radical (unpaired) electrons. The lowest BCUT2D eigenvalue weighted by Gasteiger charge is -2.25. The number of rotatable bonds is 6. The molecule has 0 aliphatic heterocycles. The maximum atomic E-state index is 12.1. The molecule has 1 atom stereocenters. The van der Waals surface area contributed by atoms with Gasteiger partial charge in [0, 0.05) is 11.4 Å². The van der Waals surface area contributed by atoms with Crippen molar-refractivity contribution < 1.29 is 19.5 Å². The fourth-order valence-corrected chi connectivity index (χ4v) is 2.34. The summed E-state index contributed by atoms with van der Waals surface area (Å²) < 4.78 is 5.10. The van der Waals surface area contributed by atoms with Crippen molar-refractivity contribution in [3.05, 3.63) is 70.7 Å². The van der Waals surface area contributed by atoms with Crippen LogP contribution in [-0.2, 0) is 16.1 Å². The lowest BCUT2D eigenvalue weighted by molar-refractivity contribution is -0.129. The average molecular weight is 348 g/mol. The fraction of sp³-hybridized carbons (Fsp3) is 0.222. The van der Waals surface area contributed by atoms with Crippen molar-refractivity contribution in [2.75, 3.05) is 0 Å². The first kappa shape index (κ1) is 18.0. The Balaban J connectivity index is 2.08. The van der Waals surface area contributed by atoms with E-state index in [1.165, 1.54) is 6.92 Å². The zero-order valence-corrected chi connectivity index (χ0v) is 13.9. The summed E-state index contributed by atoms with van der Waals surface area (Å²) in [6.07, 6.45) is -0.946. The smallest absolute Gasteiger partial charge is 0.434 e. The lowest BCUT2D eigenvalue weighted by atomic mass is 10.0. The standard InChI is InChI=1S/C18H18ClNO4/c1-13(21)11-17(15-7-9-16(19)10-8-15)20(23)18(22)24-12-14-5-3-2-4-6-14/h2-10,17,23H,11-12H2,1H3. The molecule has 0 fully saturated rings. The third-order valence-electron chi connectivity index (χ3n) is 3.42. The Bertz CT molecular complexity index is 688. The van der Waals surface area contributed by atoms with Gasteiger partial charge in [-0.05, 0) is 30.2 Å². The molecule has 0 aromatic heterocycles. The third kappa shape index (κ3) is 5.08. The number of carbonyl (C=O) groups is 2. The molecule has 24 heavy (non-hydrogen) atoms. The second-order valence-corrected chi connectivity index (χ2v) is 5.79. The number of hydrogen-bond donors (Lipinski definition) is 1. The van der Waals surface area contributed by atoms with Crippen molar-refractivity contribution in [3.8, 4) is 0 Å². The van der Waals surface area contributed by atoms with Gasteiger partial charge < -0.3 is 4.74 Å². The van der Waals surface area contributed by atoms with Crippen LogP contribution in [0.4, 0.5) is 4.79 Å². The van der Waals surface area contributed by atoms with E-state index in [0.717, 1.165) is 5.56 Å². The summed E-state index contributed by atoms with van der Waals surface area (Å²) in [7, 11) is 0. The predicted octanol–water partition coefficient (Wildman–Crippen LogP) is 4.39. The molecule has 0 aliphatic carbocycles. The summed E-state index contributed by atoms with van der Waals surface area (Å²) in [5.41, 5.74) is 1.39. The first-order valence-corrected chi connectivity index (χ1v) is 7.79. The van der Waals surface area contributed by atoms with Gasteiger partial charge in [-0.2, -0.15) is 5.06 Å². The monoisotopic (exact) mass is 347 g/mol. The Kier molecular flexibility index (Phi) is 6.35. The maximum absolute atomic E-state index is 12.1. The fourth-order valence-electron chi connectivity index (χ4n) is 2.22. The molecule has 1 N–H and O–H groups in total. The van der Waals surface area contributed by atoms with Gasteiger partial charge in [0.25, 0.3) is 0 Å². The van der Waals surface area contributed by atoms with Crippen LogP contribution < -0.4 is 0 Å². The molecular formula is C18H18ClNO4. The summed E-state index contributed by atoms with van der Waals surface area (Å²) in [5.74, 6) is -0.162. The molecule has 0 heterocycles. The SMILES string of the molecule is CC(=O)CC(c1ccc(Cl)cc1)N(O)C(=O)OCc1ccccc1. The van der Waals surface area contributed by atoms with E-state index in [2.05, 4.69) is 0 Å². The number of amides is 1. The van der Waals surface area contributed by atoms with E-state index in [4.69, 9.17) is 16.3 Å². The number of hydroxylamine groups is 2. The van der Waals surface area contributed by atoms with Crippen molar-refractivity contribution in [2.45, 2.75) is 26.0 Å². The van der Waals surface area contributed by atoms with Crippen LogP contribution in [0.25, 0.3) is 0 Å². The van der Waals surface area contributed by atoms with Crippen LogP contribution in [0, 0.1) is 0 Å². The highest BCUT2D eigenvalue weighted by Crippen LogP contribution is 2.25. The van der Waals surface area contributed by atoms with Gasteiger partial charge in [-0.1, -0.05) is 54.1 Å². The highest BCUT2D eigenvalue weighted by atomic mass is 35.5. The van der Waals surface area contributed by atoms with Crippen LogP contribution in [0.1, 0.15) is 30.5 Å². The van der Waals surface area contributed by atoms with Gasteiger partial charge in [-0.15, -0.1) is 0 Å². The molecule has 1 amide bonds. The van der Waals surface area contributed by atoms with Crippen molar-refractivity contribution >= 4 is 23.5 Å². The van der Waals surface area contributed by atoms with E-state index >= 15 is 0 Å². The van der Waals surface area contributed by atoms with Crippen LogP contribution in [0.15, 0.2) is 54.6 Å². The van der Waals surface area contributed by atoms with Crippen LogP contribution in [-0.4, -0.2) is 22.1 Å². The predicted molar refractivity (Wildman–Crippen MR) is 89.7 cm³/mol. The number of benzene rings is 2. The molecule has 0 saturated heterocycles. The molecule has 0 bridgehead atoms. The normalized spacial score (nSPS) is 11.6. The Labute approximate surface area is 145 Å². The van der Waals surface area contributed by atoms with Gasteiger partial charge in [-0.3, -0.25) is 10.0 Å². The minimum absolute atomic E-state index is 0.0292. The Morgan fingerprint density at radius 1 is 1.12 bits per heavy atom. The zero-order valence-electron chi connectivity index (χ0n) is 13.2. The second-order valence-electron chi connectivity index (χ2n) is 5.36. The minimum Gasteiger partial charge on any atom is -0.443 e. The minimum atomic E-state index is -0.917. The largest absolute Gasteiger partial charge is 0.443 e. The van der Waals surface area contributed by atoms with Crippen molar-refractivity contribution in [1.29, 1.82) is 0 Å². The zero-order chi connectivity index (χ0) is 17.5. The number of ether oxygens (including phenoxy) is 1. The lowest BCUT2D eigenvalue weighted by Crippen LogP contribution is -2.33. The second kappa shape index (κ2) is 8.47. The highest BCUT2D eigenvalue weighted by Gasteiger charge is 2.26. The van der Waals surface area contributed by atoms with Crippen LogP contribution >= 0.6 is 11.6 Å². The average Bonchev–Trinajstić information content (AvgIpc) is 2.58. The maximum Gasteiger partial charge on any atom is 0.434 e. The number of halogens is 1. The van der Waals surface area contributed by atoms with E-state index in [-0.39, 0.29) is 18.8 Å². The van der Waals surface area contributed by atoms with E-state index in [9.17, 15) is 14.8 Å². The molecule has 2 aromatic rings. The van der Waals surface area contributed by atoms with Crippen LogP contribution in [0.5, 0.6) is 0 Å². The Hall–Kier alpha value is -2.37. The Morgan fingerprint density at radius 3 is 2.33 bits per heavy atom. The summed E-state index contributed by atoms with van der Waals surface area (Å²) in [6.45, 7) is 1.43. The van der Waals surface area contributed by atoms with Gasteiger partial charge in [0.05, 0.1) is 6.04 Å². The summed E-state index contributed by atoms with van der Waals surface area (Å²) in [4.78, 5) is 23.6. The van der Waals surface area contributed by atoms with Crippen molar-refractivity contribution in [1.82, 2.24) is 5.06 Å². The number of Topliss-reactive ketones (excluding diaryl/α,β-unsaturated/α-hetero) is 1. The molecule has 6 heteroatoms. The molecule has 5 nitrogen and oxygen atoms in total. The molecule has 0 saturated carbocycles. The molecule has 1 unspecified atom stereocenters. The molecule has 0 aliphatic rings. The van der Waals surface area contributed by atoms with Gasteiger partial charge in [0.2, 0.25) is 0 Å². The van der Waals surface area contributed by atoms with E-state index in [0.29, 0.717) is 15.6 Å². The summed E-state index contributed by atoms with van der Waals surface area (Å²) in [5, 5.41) is 11.2. The van der Waals surface area contributed by atoms with Gasteiger partial charge in [0.1, 0.15) is 12.4 Å². The molecular weight excluding hydrogens is 330 g/mol.